The molecule has 0 aromatic heterocycles. The second-order valence-corrected chi connectivity index (χ2v) is 6.67. The Labute approximate surface area is 183 Å². The fraction of sp³-hybridized carbons (Fsp3) is 0.0909. The summed E-state index contributed by atoms with van der Waals surface area (Å²) in [5, 5.41) is 15.4. The highest BCUT2D eigenvalue weighted by atomic mass is 35.5. The number of nitrogens with zero attached hydrogens (tertiary/aromatic N) is 2. The lowest BCUT2D eigenvalue weighted by Crippen LogP contribution is -2.17. The van der Waals surface area contributed by atoms with E-state index in [9.17, 15) is 14.9 Å². The van der Waals surface area contributed by atoms with Crippen LogP contribution in [0.4, 0.5) is 5.69 Å². The zero-order valence-electron chi connectivity index (χ0n) is 16.4. The molecular formula is C22H18ClN3O5. The second kappa shape index (κ2) is 10.2. The van der Waals surface area contributed by atoms with Gasteiger partial charge in [0.1, 0.15) is 6.61 Å². The monoisotopic (exact) mass is 439 g/mol. The number of non-ortho nitro benzene ring substituents is 1. The van der Waals surface area contributed by atoms with Crippen molar-refractivity contribution in [2.75, 3.05) is 7.11 Å². The summed E-state index contributed by atoms with van der Waals surface area (Å²) in [5.41, 5.74) is 3.65. The van der Waals surface area contributed by atoms with Crippen molar-refractivity contribution in [1.29, 1.82) is 0 Å². The fourth-order valence-corrected chi connectivity index (χ4v) is 2.89. The lowest BCUT2D eigenvalue weighted by molar-refractivity contribution is -0.384. The van der Waals surface area contributed by atoms with Crippen LogP contribution in [0.25, 0.3) is 0 Å². The first-order chi connectivity index (χ1) is 15.0. The molecule has 3 aromatic rings. The number of rotatable bonds is 8. The van der Waals surface area contributed by atoms with Crippen LogP contribution in [0.15, 0.2) is 71.8 Å². The summed E-state index contributed by atoms with van der Waals surface area (Å²) in [4.78, 5) is 22.5. The predicted molar refractivity (Wildman–Crippen MR) is 117 cm³/mol. The molecule has 0 saturated carbocycles. The molecule has 1 amide bonds. The first-order valence-electron chi connectivity index (χ1n) is 9.10. The number of amides is 1. The number of hydrogen-bond donors (Lipinski definition) is 1. The van der Waals surface area contributed by atoms with E-state index in [0.717, 1.165) is 5.56 Å². The molecule has 8 nitrogen and oxygen atoms in total. The number of hydrogen-bond acceptors (Lipinski definition) is 6. The maximum Gasteiger partial charge on any atom is 0.271 e. The lowest BCUT2D eigenvalue weighted by Gasteiger charge is -2.13. The largest absolute Gasteiger partial charge is 0.493 e. The third kappa shape index (κ3) is 5.58. The molecule has 0 aliphatic rings. The Morgan fingerprint density at radius 3 is 2.68 bits per heavy atom. The van der Waals surface area contributed by atoms with Gasteiger partial charge >= 0.3 is 0 Å². The maximum atomic E-state index is 12.2. The molecule has 0 fully saturated rings. The van der Waals surface area contributed by atoms with Crippen LogP contribution in [0.5, 0.6) is 11.5 Å². The van der Waals surface area contributed by atoms with Gasteiger partial charge in [0.05, 0.1) is 18.2 Å². The molecule has 1 N–H and O–H groups in total. The number of carbonyl (C=O) groups is 1. The van der Waals surface area contributed by atoms with E-state index in [0.29, 0.717) is 22.1 Å². The second-order valence-electron chi connectivity index (χ2n) is 6.27. The van der Waals surface area contributed by atoms with Gasteiger partial charge in [0, 0.05) is 33.8 Å². The number of nitro benzene ring substituents is 1. The number of methoxy groups -OCH3 is 1. The molecule has 31 heavy (non-hydrogen) atoms. The number of ether oxygens (including phenoxy) is 2. The molecule has 0 aliphatic heterocycles. The standard InChI is InChI=1S/C22H18ClN3O5/c1-30-20-11-5-8-16(21(20)31-14-17-6-2-3-10-19(17)23)13-24-25-22(27)15-7-4-9-18(12-15)26(28)29/h2-13H,14H2,1H3,(H,25,27)/b24-13-. The summed E-state index contributed by atoms with van der Waals surface area (Å²) < 4.78 is 11.3. The van der Waals surface area contributed by atoms with E-state index in [1.807, 2.05) is 18.2 Å². The van der Waals surface area contributed by atoms with E-state index in [4.69, 9.17) is 21.1 Å². The number of hydrazone groups is 1. The van der Waals surface area contributed by atoms with Crippen molar-refractivity contribution < 1.29 is 19.2 Å². The van der Waals surface area contributed by atoms with Crippen molar-refractivity contribution in [2.45, 2.75) is 6.61 Å². The molecule has 158 valence electrons. The first-order valence-corrected chi connectivity index (χ1v) is 9.48. The fourth-order valence-electron chi connectivity index (χ4n) is 2.70. The summed E-state index contributed by atoms with van der Waals surface area (Å²) in [6, 6.07) is 17.9. The smallest absolute Gasteiger partial charge is 0.271 e. The molecule has 0 saturated heterocycles. The molecule has 0 heterocycles. The topological polar surface area (TPSA) is 103 Å². The Balaban J connectivity index is 1.75. The predicted octanol–water partition coefficient (Wildman–Crippen LogP) is 4.60. The quantitative estimate of drug-likeness (QED) is 0.314. The Morgan fingerprint density at radius 2 is 1.94 bits per heavy atom. The zero-order valence-corrected chi connectivity index (χ0v) is 17.2. The van der Waals surface area contributed by atoms with Crippen molar-refractivity contribution in [3.8, 4) is 11.5 Å². The van der Waals surface area contributed by atoms with Gasteiger partial charge in [-0.25, -0.2) is 5.43 Å². The first kappa shape index (κ1) is 21.8. The maximum absolute atomic E-state index is 12.2. The van der Waals surface area contributed by atoms with Crippen LogP contribution >= 0.6 is 11.6 Å². The van der Waals surface area contributed by atoms with E-state index in [2.05, 4.69) is 10.5 Å². The van der Waals surface area contributed by atoms with Crippen LogP contribution in [-0.4, -0.2) is 24.2 Å². The minimum Gasteiger partial charge on any atom is -0.493 e. The van der Waals surface area contributed by atoms with Crippen LogP contribution in [0, 0.1) is 10.1 Å². The van der Waals surface area contributed by atoms with Crippen LogP contribution in [-0.2, 0) is 6.61 Å². The van der Waals surface area contributed by atoms with Gasteiger partial charge in [-0.2, -0.15) is 5.10 Å². The van der Waals surface area contributed by atoms with Gasteiger partial charge in [0.2, 0.25) is 0 Å². The molecule has 0 unspecified atom stereocenters. The van der Waals surface area contributed by atoms with Crippen molar-refractivity contribution in [3.63, 3.8) is 0 Å². The molecular weight excluding hydrogens is 422 g/mol. The third-order valence-electron chi connectivity index (χ3n) is 4.25. The van der Waals surface area contributed by atoms with Crippen molar-refractivity contribution in [1.82, 2.24) is 5.43 Å². The van der Waals surface area contributed by atoms with Crippen LogP contribution < -0.4 is 14.9 Å². The molecule has 0 aliphatic carbocycles. The van der Waals surface area contributed by atoms with Gasteiger partial charge in [-0.05, 0) is 24.3 Å². The molecule has 3 aromatic carbocycles. The van der Waals surface area contributed by atoms with Gasteiger partial charge in [-0.1, -0.05) is 41.9 Å². The minimum atomic E-state index is -0.582. The van der Waals surface area contributed by atoms with Crippen molar-refractivity contribution in [3.05, 3.63) is 98.6 Å². The lowest BCUT2D eigenvalue weighted by atomic mass is 10.2. The van der Waals surface area contributed by atoms with E-state index in [-0.39, 0.29) is 17.9 Å². The molecule has 3 rings (SSSR count). The Morgan fingerprint density at radius 1 is 1.16 bits per heavy atom. The van der Waals surface area contributed by atoms with Gasteiger partial charge in [-0.3, -0.25) is 14.9 Å². The summed E-state index contributed by atoms with van der Waals surface area (Å²) >= 11 is 6.18. The number of benzene rings is 3. The highest BCUT2D eigenvalue weighted by Crippen LogP contribution is 2.31. The van der Waals surface area contributed by atoms with Gasteiger partial charge in [0.15, 0.2) is 11.5 Å². The number of nitrogens with one attached hydrogen (secondary N) is 1. The van der Waals surface area contributed by atoms with Crippen LogP contribution in [0.2, 0.25) is 5.02 Å². The minimum absolute atomic E-state index is 0.118. The number of para-hydroxylation sites is 1. The molecule has 9 heteroatoms. The number of carbonyl (C=O) groups excluding carboxylic acids is 1. The summed E-state index contributed by atoms with van der Waals surface area (Å²) in [7, 11) is 1.52. The Bertz CT molecular complexity index is 1130. The highest BCUT2D eigenvalue weighted by molar-refractivity contribution is 6.31. The van der Waals surface area contributed by atoms with E-state index < -0.39 is 10.8 Å². The summed E-state index contributed by atoms with van der Waals surface area (Å²) in [6.07, 6.45) is 1.40. The average molecular weight is 440 g/mol. The van der Waals surface area contributed by atoms with Crippen molar-refractivity contribution >= 4 is 29.4 Å². The number of nitro groups is 1. The summed E-state index contributed by atoms with van der Waals surface area (Å²) in [6.45, 7) is 0.209. The van der Waals surface area contributed by atoms with E-state index in [1.165, 1.54) is 37.6 Å². The summed E-state index contributed by atoms with van der Waals surface area (Å²) in [5.74, 6) is 0.334. The van der Waals surface area contributed by atoms with E-state index in [1.54, 1.807) is 24.3 Å². The molecule has 0 radical (unpaired) electrons. The van der Waals surface area contributed by atoms with Crippen LogP contribution in [0.3, 0.4) is 0 Å². The van der Waals surface area contributed by atoms with Gasteiger partial charge < -0.3 is 9.47 Å². The van der Waals surface area contributed by atoms with Crippen molar-refractivity contribution in [2.24, 2.45) is 5.10 Å². The molecule has 0 bridgehead atoms. The van der Waals surface area contributed by atoms with Crippen LogP contribution in [0.1, 0.15) is 21.5 Å². The zero-order chi connectivity index (χ0) is 22.2. The highest BCUT2D eigenvalue weighted by Gasteiger charge is 2.12. The van der Waals surface area contributed by atoms with Gasteiger partial charge in [0.25, 0.3) is 11.6 Å². The average Bonchev–Trinajstić information content (AvgIpc) is 2.78. The Hall–Kier alpha value is -3.91. The Kier molecular flexibility index (Phi) is 7.18. The van der Waals surface area contributed by atoms with Gasteiger partial charge in [-0.15, -0.1) is 0 Å². The SMILES string of the molecule is COc1cccc(/C=N\NC(=O)c2cccc([N+](=O)[O-])c2)c1OCc1ccccc1Cl. The number of halogens is 1. The molecule has 0 atom stereocenters. The molecule has 0 spiro atoms. The third-order valence-corrected chi connectivity index (χ3v) is 4.62. The van der Waals surface area contributed by atoms with E-state index >= 15 is 0 Å². The normalized spacial score (nSPS) is 10.6.